The van der Waals surface area contributed by atoms with Crippen molar-refractivity contribution >= 4 is 30.1 Å². The average molecular weight is 187 g/mol. The van der Waals surface area contributed by atoms with Crippen molar-refractivity contribution < 1.29 is 14.8 Å². The summed E-state index contributed by atoms with van der Waals surface area (Å²) in [6, 6.07) is 0. The van der Waals surface area contributed by atoms with Gasteiger partial charge in [0.15, 0.2) is 0 Å². The van der Waals surface area contributed by atoms with Gasteiger partial charge in [-0.15, -0.1) is 0 Å². The van der Waals surface area contributed by atoms with Gasteiger partial charge in [-0.2, -0.15) is 0 Å². The maximum absolute atomic E-state index is 10.8. The highest BCUT2D eigenvalue weighted by Gasteiger charge is 2.18. The van der Waals surface area contributed by atoms with Gasteiger partial charge in [0, 0.05) is 24.8 Å². The first kappa shape index (κ1) is 9.31. The molecule has 0 aliphatic rings. The summed E-state index contributed by atoms with van der Waals surface area (Å²) in [4.78, 5) is 10.8. The molecule has 0 bridgehead atoms. The van der Waals surface area contributed by atoms with Gasteiger partial charge in [-0.25, -0.2) is 0 Å². The molecule has 0 fully saturated rings. The summed E-state index contributed by atoms with van der Waals surface area (Å²) < 4.78 is 1.19. The Hall–Kier alpha value is -0.775. The highest BCUT2D eigenvalue weighted by Crippen LogP contribution is 2.05. The van der Waals surface area contributed by atoms with Gasteiger partial charge in [0.05, 0.1) is 5.02 Å². The molecule has 64 valence electrons. The molecular formula is C6H7BClNO3. The fourth-order valence-electron chi connectivity index (χ4n) is 0.817. The van der Waals surface area contributed by atoms with Crippen molar-refractivity contribution in [3.8, 4) is 0 Å². The normalized spacial score (nSPS) is 10.0. The van der Waals surface area contributed by atoms with E-state index in [9.17, 15) is 4.79 Å². The topological polar surface area (TPSA) is 62.5 Å². The number of rotatable bonds is 1. The van der Waals surface area contributed by atoms with E-state index in [1.54, 1.807) is 0 Å². The quantitative estimate of drug-likeness (QED) is 0.582. The molecule has 2 N–H and O–H groups in total. The Labute approximate surface area is 74.5 Å². The monoisotopic (exact) mass is 187 g/mol. The van der Waals surface area contributed by atoms with E-state index in [0.29, 0.717) is 0 Å². The third-order valence-electron chi connectivity index (χ3n) is 1.45. The number of carbonyl (C=O) groups is 1. The zero-order valence-electron chi connectivity index (χ0n) is 6.36. The lowest BCUT2D eigenvalue weighted by Crippen LogP contribution is -2.29. The zero-order chi connectivity index (χ0) is 9.30. The Bertz CT molecular complexity index is 310. The van der Waals surface area contributed by atoms with Crippen LogP contribution in [0.5, 0.6) is 0 Å². The average Bonchev–Trinajstić information content (AvgIpc) is 2.30. The molecule has 1 rings (SSSR count). The van der Waals surface area contributed by atoms with Crippen molar-refractivity contribution in [2.45, 2.75) is 6.92 Å². The van der Waals surface area contributed by atoms with Crippen molar-refractivity contribution in [2.75, 3.05) is 0 Å². The molecule has 1 aromatic rings. The van der Waals surface area contributed by atoms with Gasteiger partial charge >= 0.3 is 7.12 Å². The second kappa shape index (κ2) is 3.31. The van der Waals surface area contributed by atoms with Crippen LogP contribution in [-0.4, -0.2) is 27.6 Å². The van der Waals surface area contributed by atoms with Crippen molar-refractivity contribution in [2.24, 2.45) is 0 Å². The van der Waals surface area contributed by atoms with Gasteiger partial charge in [-0.05, 0) is 0 Å². The van der Waals surface area contributed by atoms with Crippen LogP contribution >= 0.6 is 11.6 Å². The van der Waals surface area contributed by atoms with Crippen LogP contribution < -0.4 is 5.46 Å². The first-order chi connectivity index (χ1) is 5.52. The first-order valence-electron chi connectivity index (χ1n) is 3.27. The van der Waals surface area contributed by atoms with E-state index in [1.165, 1.54) is 23.9 Å². The Morgan fingerprint density at radius 1 is 1.58 bits per heavy atom. The lowest BCUT2D eigenvalue weighted by atomic mass is 9.83. The molecule has 0 aliphatic heterocycles. The number of hydrogen-bond donors (Lipinski definition) is 2. The van der Waals surface area contributed by atoms with Gasteiger partial charge in [-0.3, -0.25) is 9.36 Å². The summed E-state index contributed by atoms with van der Waals surface area (Å²) in [5.74, 6) is -0.233. The fourth-order valence-corrected chi connectivity index (χ4v) is 1.07. The number of halogens is 1. The highest BCUT2D eigenvalue weighted by atomic mass is 35.5. The summed E-state index contributed by atoms with van der Waals surface area (Å²) >= 11 is 5.59. The Morgan fingerprint density at radius 3 is 2.42 bits per heavy atom. The minimum absolute atomic E-state index is 0.131. The van der Waals surface area contributed by atoms with E-state index >= 15 is 0 Å². The first-order valence-corrected chi connectivity index (χ1v) is 3.64. The van der Waals surface area contributed by atoms with Crippen LogP contribution in [0.3, 0.4) is 0 Å². The minimum Gasteiger partial charge on any atom is -0.423 e. The molecule has 0 atom stereocenters. The van der Waals surface area contributed by atoms with E-state index in [4.69, 9.17) is 21.6 Å². The predicted octanol–water partition coefficient (Wildman–Crippen LogP) is -0.519. The van der Waals surface area contributed by atoms with Crippen LogP contribution in [0.2, 0.25) is 5.02 Å². The molecule has 4 nitrogen and oxygen atoms in total. The fraction of sp³-hybridized carbons (Fsp3) is 0.167. The molecule has 0 aromatic carbocycles. The van der Waals surface area contributed by atoms with Crippen molar-refractivity contribution in [1.29, 1.82) is 0 Å². The summed E-state index contributed by atoms with van der Waals surface area (Å²) in [6.45, 7) is 1.35. The van der Waals surface area contributed by atoms with E-state index < -0.39 is 7.12 Å². The molecule has 1 aromatic heterocycles. The Morgan fingerprint density at radius 2 is 2.17 bits per heavy atom. The predicted molar refractivity (Wildman–Crippen MR) is 45.6 cm³/mol. The summed E-state index contributed by atoms with van der Waals surface area (Å²) in [5, 5.41) is 17.7. The number of hydrogen-bond acceptors (Lipinski definition) is 3. The summed E-state index contributed by atoms with van der Waals surface area (Å²) in [7, 11) is -1.64. The van der Waals surface area contributed by atoms with Crippen LogP contribution in [0.15, 0.2) is 12.4 Å². The Balaban J connectivity index is 3.09. The molecule has 0 saturated carbocycles. The molecule has 6 heteroatoms. The lowest BCUT2D eigenvalue weighted by molar-refractivity contribution is 0.0937. The van der Waals surface area contributed by atoms with E-state index in [2.05, 4.69) is 0 Å². The maximum atomic E-state index is 10.8. The van der Waals surface area contributed by atoms with Gasteiger partial charge in [0.25, 0.3) is 0 Å². The van der Waals surface area contributed by atoms with Crippen LogP contribution in [0.25, 0.3) is 0 Å². The van der Waals surface area contributed by atoms with Crippen molar-refractivity contribution in [3.05, 3.63) is 17.4 Å². The van der Waals surface area contributed by atoms with Crippen LogP contribution in [0.4, 0.5) is 0 Å². The second-order valence-electron chi connectivity index (χ2n) is 2.36. The largest absolute Gasteiger partial charge is 0.491 e. The number of nitrogens with zero attached hydrogens (tertiary/aromatic N) is 1. The van der Waals surface area contributed by atoms with Gasteiger partial charge in [-0.1, -0.05) is 11.6 Å². The molecule has 0 spiro atoms. The van der Waals surface area contributed by atoms with Crippen LogP contribution in [0.1, 0.15) is 11.7 Å². The molecule has 0 amide bonds. The molecule has 0 radical (unpaired) electrons. The second-order valence-corrected chi connectivity index (χ2v) is 2.77. The van der Waals surface area contributed by atoms with Crippen molar-refractivity contribution in [1.82, 2.24) is 4.57 Å². The summed E-state index contributed by atoms with van der Waals surface area (Å²) in [6.07, 6.45) is 2.62. The van der Waals surface area contributed by atoms with Crippen LogP contribution in [-0.2, 0) is 0 Å². The summed E-state index contributed by atoms with van der Waals surface area (Å²) in [5.41, 5.74) is 0.131. The van der Waals surface area contributed by atoms with E-state index in [1.807, 2.05) is 0 Å². The SMILES string of the molecule is CC(=O)n1cc(Cl)c(B(O)O)c1. The highest BCUT2D eigenvalue weighted by molar-refractivity contribution is 6.62. The lowest BCUT2D eigenvalue weighted by Gasteiger charge is -1.93. The number of aromatic nitrogens is 1. The van der Waals surface area contributed by atoms with Gasteiger partial charge in [0.1, 0.15) is 0 Å². The van der Waals surface area contributed by atoms with Gasteiger partial charge < -0.3 is 10.0 Å². The zero-order valence-corrected chi connectivity index (χ0v) is 7.12. The van der Waals surface area contributed by atoms with E-state index in [0.717, 1.165) is 0 Å². The standard InChI is InChI=1S/C6H7BClNO3/c1-4(10)9-2-5(7(11)12)6(8)3-9/h2-3,11-12H,1H3. The molecule has 0 saturated heterocycles. The van der Waals surface area contributed by atoms with Crippen molar-refractivity contribution in [3.63, 3.8) is 0 Å². The number of carbonyl (C=O) groups excluding carboxylic acids is 1. The third kappa shape index (κ3) is 1.69. The molecular weight excluding hydrogens is 180 g/mol. The smallest absolute Gasteiger partial charge is 0.423 e. The molecule has 0 unspecified atom stereocenters. The molecule has 0 aliphatic carbocycles. The molecule has 12 heavy (non-hydrogen) atoms. The van der Waals surface area contributed by atoms with Gasteiger partial charge in [0.2, 0.25) is 5.91 Å². The molecule has 1 heterocycles. The van der Waals surface area contributed by atoms with E-state index in [-0.39, 0.29) is 16.4 Å². The maximum Gasteiger partial charge on any atom is 0.491 e. The van der Waals surface area contributed by atoms with Crippen LogP contribution in [0, 0.1) is 0 Å². The Kier molecular flexibility index (Phi) is 2.57. The third-order valence-corrected chi connectivity index (χ3v) is 1.76. The minimum atomic E-state index is -1.64.